The number of aryl methyl sites for hydroxylation is 1. The highest BCUT2D eigenvalue weighted by molar-refractivity contribution is 5.17. The minimum Gasteiger partial charge on any atom is -0.400 e. The third-order valence-electron chi connectivity index (χ3n) is 2.81. The van der Waals surface area contributed by atoms with Crippen LogP contribution < -0.4 is 0 Å². The summed E-state index contributed by atoms with van der Waals surface area (Å²) in [7, 11) is 1.00. The third kappa shape index (κ3) is 14.7. The topological polar surface area (TPSA) is 20.2 Å². The molecule has 0 amide bonds. The van der Waals surface area contributed by atoms with Crippen molar-refractivity contribution in [1.82, 2.24) is 0 Å². The van der Waals surface area contributed by atoms with Crippen molar-refractivity contribution < 1.29 is 9.50 Å². The molecule has 1 aromatic carbocycles. The Kier molecular flexibility index (Phi) is 19.9. The Morgan fingerprint density at radius 1 is 1.05 bits per heavy atom. The molecule has 1 nitrogen and oxygen atoms in total. The molecule has 0 spiro atoms. The Morgan fingerprint density at radius 3 is 2.27 bits per heavy atom. The predicted octanol–water partition coefficient (Wildman–Crippen LogP) is 5.86. The zero-order chi connectivity index (χ0) is 17.1. The van der Waals surface area contributed by atoms with Gasteiger partial charge in [-0.2, -0.15) is 0 Å². The number of allylic oxidation sites excluding steroid dienone is 5. The fourth-order valence-electron chi connectivity index (χ4n) is 1.70. The van der Waals surface area contributed by atoms with Crippen LogP contribution in [-0.2, 0) is 6.42 Å². The second kappa shape index (κ2) is 19.3. The molecule has 0 unspecified atom stereocenters. The fraction of sp³-hybridized carbons (Fsp3) is 0.400. The molecular formula is C20H31FO. The lowest BCUT2D eigenvalue weighted by Gasteiger charge is -2.01. The Labute approximate surface area is 135 Å². The van der Waals surface area contributed by atoms with Gasteiger partial charge in [0.05, 0.1) is 0 Å². The van der Waals surface area contributed by atoms with Gasteiger partial charge in [0.2, 0.25) is 0 Å². The molecule has 0 aromatic heterocycles. The highest BCUT2D eigenvalue weighted by atomic mass is 19.1. The maximum Gasteiger partial charge on any atom is 0.126 e. The Morgan fingerprint density at radius 2 is 1.73 bits per heavy atom. The molecule has 0 aliphatic carbocycles. The van der Waals surface area contributed by atoms with E-state index in [0.717, 1.165) is 25.5 Å². The van der Waals surface area contributed by atoms with E-state index in [1.807, 2.05) is 43.4 Å². The van der Waals surface area contributed by atoms with Gasteiger partial charge in [0.15, 0.2) is 0 Å². The summed E-state index contributed by atoms with van der Waals surface area (Å²) in [6.45, 7) is 7.68. The quantitative estimate of drug-likeness (QED) is 0.494. The molecule has 2 heteroatoms. The standard InChI is InChI=1S/C12H17F.C7H10.CH4O/c1-2-3-4-5-8-11-9-6-7-10-12(11)13;1-3-5-7-6-4-2;1-2/h6-7,9-10H,2-5,8H2,1H3;3-7H,1H2,2H3;2H,1H3/b;6-4-,7-5-;. The summed E-state index contributed by atoms with van der Waals surface area (Å²) in [6, 6.07) is 7.06. The molecule has 0 aliphatic heterocycles. The maximum atomic E-state index is 13.1. The normalized spacial score (nSPS) is 9.86. The minimum atomic E-state index is -0.0565. The third-order valence-corrected chi connectivity index (χ3v) is 2.81. The second-order valence-electron chi connectivity index (χ2n) is 4.55. The number of unbranched alkanes of at least 4 members (excludes halogenated alkanes) is 3. The molecule has 0 saturated heterocycles. The number of halogens is 1. The van der Waals surface area contributed by atoms with E-state index in [0.29, 0.717) is 0 Å². The van der Waals surface area contributed by atoms with E-state index in [4.69, 9.17) is 5.11 Å². The van der Waals surface area contributed by atoms with Gasteiger partial charge in [0, 0.05) is 7.11 Å². The predicted molar refractivity (Wildman–Crippen MR) is 96.5 cm³/mol. The lowest BCUT2D eigenvalue weighted by atomic mass is 10.1. The van der Waals surface area contributed by atoms with Crippen molar-refractivity contribution in [2.75, 3.05) is 7.11 Å². The molecule has 0 fully saturated rings. The van der Waals surface area contributed by atoms with E-state index < -0.39 is 0 Å². The van der Waals surface area contributed by atoms with E-state index in [2.05, 4.69) is 13.5 Å². The van der Waals surface area contributed by atoms with Gasteiger partial charge in [-0.3, -0.25) is 0 Å². The summed E-state index contributed by atoms with van der Waals surface area (Å²) >= 11 is 0. The van der Waals surface area contributed by atoms with E-state index >= 15 is 0 Å². The monoisotopic (exact) mass is 306 g/mol. The van der Waals surface area contributed by atoms with Crippen molar-refractivity contribution in [3.63, 3.8) is 0 Å². The Balaban J connectivity index is 0. The van der Waals surface area contributed by atoms with Crippen LogP contribution in [-0.4, -0.2) is 12.2 Å². The summed E-state index contributed by atoms with van der Waals surface area (Å²) in [4.78, 5) is 0. The molecular weight excluding hydrogens is 275 g/mol. The van der Waals surface area contributed by atoms with Crippen molar-refractivity contribution in [3.05, 3.63) is 72.6 Å². The van der Waals surface area contributed by atoms with Crippen LogP contribution in [0.1, 0.15) is 45.1 Å². The van der Waals surface area contributed by atoms with Crippen molar-refractivity contribution in [3.8, 4) is 0 Å². The molecule has 0 bridgehead atoms. The van der Waals surface area contributed by atoms with Crippen molar-refractivity contribution in [2.24, 2.45) is 0 Å². The Hall–Kier alpha value is -1.67. The summed E-state index contributed by atoms with van der Waals surface area (Å²) in [5.41, 5.74) is 0.860. The smallest absolute Gasteiger partial charge is 0.126 e. The van der Waals surface area contributed by atoms with Gasteiger partial charge in [0.25, 0.3) is 0 Å². The van der Waals surface area contributed by atoms with Crippen LogP contribution in [0.2, 0.25) is 0 Å². The van der Waals surface area contributed by atoms with Gasteiger partial charge < -0.3 is 5.11 Å². The van der Waals surface area contributed by atoms with Gasteiger partial charge >= 0.3 is 0 Å². The highest BCUT2D eigenvalue weighted by Gasteiger charge is 1.98. The first-order valence-corrected chi connectivity index (χ1v) is 7.84. The van der Waals surface area contributed by atoms with Gasteiger partial charge in [-0.05, 0) is 31.4 Å². The molecule has 0 radical (unpaired) electrons. The number of benzene rings is 1. The fourth-order valence-corrected chi connectivity index (χ4v) is 1.70. The molecule has 0 atom stereocenters. The minimum absolute atomic E-state index is 0.0565. The molecule has 1 N–H and O–H groups in total. The first-order chi connectivity index (χ1) is 10.8. The van der Waals surface area contributed by atoms with Crippen LogP contribution in [0.25, 0.3) is 0 Å². The summed E-state index contributed by atoms with van der Waals surface area (Å²) in [5, 5.41) is 7.00. The van der Waals surface area contributed by atoms with Gasteiger partial charge in [-0.25, -0.2) is 4.39 Å². The summed E-state index contributed by atoms with van der Waals surface area (Å²) in [6.07, 6.45) is 15.2. The van der Waals surface area contributed by atoms with E-state index in [1.54, 1.807) is 12.1 Å². The van der Waals surface area contributed by atoms with Crippen LogP contribution in [0.3, 0.4) is 0 Å². The van der Waals surface area contributed by atoms with Crippen LogP contribution in [0.15, 0.2) is 61.2 Å². The molecule has 124 valence electrons. The molecule has 1 rings (SSSR count). The lowest BCUT2D eigenvalue weighted by molar-refractivity contribution is 0.399. The van der Waals surface area contributed by atoms with Crippen molar-refractivity contribution >= 4 is 0 Å². The number of aliphatic hydroxyl groups excluding tert-OH is 1. The number of hydrogen-bond donors (Lipinski definition) is 1. The zero-order valence-electron chi connectivity index (χ0n) is 14.3. The largest absolute Gasteiger partial charge is 0.400 e. The maximum absolute atomic E-state index is 13.1. The zero-order valence-corrected chi connectivity index (χ0v) is 14.3. The summed E-state index contributed by atoms with van der Waals surface area (Å²) in [5.74, 6) is -0.0565. The van der Waals surface area contributed by atoms with Crippen LogP contribution in [0, 0.1) is 5.82 Å². The average Bonchev–Trinajstić information content (AvgIpc) is 2.56. The van der Waals surface area contributed by atoms with Gasteiger partial charge in [-0.15, -0.1) is 0 Å². The molecule has 1 aromatic rings. The van der Waals surface area contributed by atoms with Crippen molar-refractivity contribution in [2.45, 2.75) is 46.0 Å². The molecule has 22 heavy (non-hydrogen) atoms. The van der Waals surface area contributed by atoms with Crippen LogP contribution >= 0.6 is 0 Å². The number of rotatable bonds is 7. The van der Waals surface area contributed by atoms with E-state index in [9.17, 15) is 4.39 Å². The van der Waals surface area contributed by atoms with Crippen molar-refractivity contribution in [1.29, 1.82) is 0 Å². The average molecular weight is 306 g/mol. The first kappa shape index (κ1) is 22.6. The SMILES string of the molecule is C=C/C=C\C=C/C.CCCCCCc1ccccc1F.CO. The lowest BCUT2D eigenvalue weighted by Crippen LogP contribution is -1.89. The summed E-state index contributed by atoms with van der Waals surface area (Å²) < 4.78 is 13.1. The van der Waals surface area contributed by atoms with Crippen LogP contribution in [0.5, 0.6) is 0 Å². The molecule has 0 aliphatic rings. The first-order valence-electron chi connectivity index (χ1n) is 7.84. The van der Waals surface area contributed by atoms with E-state index in [-0.39, 0.29) is 5.82 Å². The second-order valence-corrected chi connectivity index (χ2v) is 4.55. The number of aliphatic hydroxyl groups is 1. The number of hydrogen-bond acceptors (Lipinski definition) is 1. The van der Waals surface area contributed by atoms with Gasteiger partial charge in [0.1, 0.15) is 5.82 Å². The Bertz CT molecular complexity index is 408. The molecule has 0 heterocycles. The molecule has 0 saturated carbocycles. The van der Waals surface area contributed by atoms with Gasteiger partial charge in [-0.1, -0.05) is 81.3 Å². The van der Waals surface area contributed by atoms with E-state index in [1.165, 1.54) is 25.3 Å². The highest BCUT2D eigenvalue weighted by Crippen LogP contribution is 2.11. The van der Waals surface area contributed by atoms with Crippen LogP contribution in [0.4, 0.5) is 4.39 Å².